The molecule has 0 saturated carbocycles. The van der Waals surface area contributed by atoms with Gasteiger partial charge in [0.05, 0.1) is 25.7 Å². The van der Waals surface area contributed by atoms with Crippen LogP contribution in [0.25, 0.3) is 0 Å². The number of aromatic nitrogens is 3. The third-order valence-corrected chi connectivity index (χ3v) is 2.93. The number of ether oxygens (including phenoxy) is 1. The molecule has 0 aliphatic heterocycles. The molecule has 6 heteroatoms. The summed E-state index contributed by atoms with van der Waals surface area (Å²) in [6, 6.07) is 0. The van der Waals surface area contributed by atoms with Crippen molar-refractivity contribution >= 4 is 5.97 Å². The molecule has 0 bridgehead atoms. The second-order valence-electron chi connectivity index (χ2n) is 4.28. The number of carboxylic acids is 1. The Hall–Kier alpha value is -2.37. The predicted octanol–water partition coefficient (Wildman–Crippen LogP) is 1.65. The Morgan fingerprint density at radius 3 is 2.74 bits per heavy atom. The molecule has 0 unspecified atom stereocenters. The van der Waals surface area contributed by atoms with Crippen molar-refractivity contribution in [1.29, 1.82) is 0 Å². The highest BCUT2D eigenvalue weighted by Gasteiger charge is 2.11. The fourth-order valence-corrected chi connectivity index (χ4v) is 1.96. The van der Waals surface area contributed by atoms with Crippen molar-refractivity contribution in [2.75, 3.05) is 7.11 Å². The van der Waals surface area contributed by atoms with Gasteiger partial charge in [-0.25, -0.2) is 9.78 Å². The molecule has 0 atom stereocenters. The van der Waals surface area contributed by atoms with E-state index in [0.29, 0.717) is 6.54 Å². The highest BCUT2D eigenvalue weighted by molar-refractivity contribution is 5.84. The summed E-state index contributed by atoms with van der Waals surface area (Å²) in [5.41, 5.74) is 2.78. The lowest BCUT2D eigenvalue weighted by atomic mass is 10.1. The minimum Gasteiger partial charge on any atom is -0.496 e. The zero-order valence-corrected chi connectivity index (χ0v) is 11.0. The summed E-state index contributed by atoms with van der Waals surface area (Å²) in [5.74, 6) is -0.228. The standard InChI is InChI=1S/C13H15N3O3/c1-8-4-14-10(9(2)12(8)19-3)5-16-6-11(13(17)18)15-7-16/h4,6-7H,5H2,1-3H3,(H,17,18). The van der Waals surface area contributed by atoms with Crippen molar-refractivity contribution in [3.63, 3.8) is 0 Å². The number of imidazole rings is 1. The monoisotopic (exact) mass is 261 g/mol. The molecule has 0 fully saturated rings. The number of rotatable bonds is 4. The molecular weight excluding hydrogens is 246 g/mol. The molecule has 2 aromatic rings. The molecule has 0 aliphatic carbocycles. The highest BCUT2D eigenvalue weighted by atomic mass is 16.5. The third-order valence-electron chi connectivity index (χ3n) is 2.93. The maximum atomic E-state index is 10.8. The molecule has 6 nitrogen and oxygen atoms in total. The Labute approximate surface area is 110 Å². The van der Waals surface area contributed by atoms with Gasteiger partial charge in [0, 0.05) is 23.5 Å². The molecule has 0 aromatic carbocycles. The predicted molar refractivity (Wildman–Crippen MR) is 68.6 cm³/mol. The number of carbonyl (C=O) groups is 1. The fourth-order valence-electron chi connectivity index (χ4n) is 1.96. The van der Waals surface area contributed by atoms with Gasteiger partial charge in [-0.2, -0.15) is 0 Å². The number of methoxy groups -OCH3 is 1. The number of nitrogens with zero attached hydrogens (tertiary/aromatic N) is 3. The van der Waals surface area contributed by atoms with Crippen molar-refractivity contribution in [3.05, 3.63) is 41.2 Å². The van der Waals surface area contributed by atoms with Gasteiger partial charge in [-0.1, -0.05) is 0 Å². The quantitative estimate of drug-likeness (QED) is 0.905. The van der Waals surface area contributed by atoms with Gasteiger partial charge in [-0.15, -0.1) is 0 Å². The Balaban J connectivity index is 2.30. The molecule has 0 radical (unpaired) electrons. The van der Waals surface area contributed by atoms with Gasteiger partial charge >= 0.3 is 5.97 Å². The van der Waals surface area contributed by atoms with Gasteiger partial charge in [-0.05, 0) is 13.8 Å². The number of aromatic carboxylic acids is 1. The number of hydrogen-bond acceptors (Lipinski definition) is 4. The van der Waals surface area contributed by atoms with Crippen LogP contribution in [-0.2, 0) is 6.54 Å². The molecule has 0 spiro atoms. The van der Waals surface area contributed by atoms with Gasteiger partial charge in [0.2, 0.25) is 0 Å². The average Bonchev–Trinajstić information content (AvgIpc) is 2.82. The van der Waals surface area contributed by atoms with E-state index in [1.54, 1.807) is 17.9 Å². The lowest BCUT2D eigenvalue weighted by molar-refractivity contribution is 0.0691. The van der Waals surface area contributed by atoms with Crippen LogP contribution in [-0.4, -0.2) is 32.7 Å². The SMILES string of the molecule is COc1c(C)cnc(Cn2cnc(C(=O)O)c2)c1C. The molecular formula is C13H15N3O3. The molecule has 1 N–H and O–H groups in total. The van der Waals surface area contributed by atoms with Gasteiger partial charge in [0.25, 0.3) is 0 Å². The van der Waals surface area contributed by atoms with Crippen LogP contribution in [0.5, 0.6) is 5.75 Å². The summed E-state index contributed by atoms with van der Waals surface area (Å²) >= 11 is 0. The Kier molecular flexibility index (Phi) is 3.50. The van der Waals surface area contributed by atoms with E-state index < -0.39 is 5.97 Å². The van der Waals surface area contributed by atoms with E-state index >= 15 is 0 Å². The van der Waals surface area contributed by atoms with Crippen LogP contribution in [0.4, 0.5) is 0 Å². The summed E-state index contributed by atoms with van der Waals surface area (Å²) in [5, 5.41) is 8.83. The summed E-state index contributed by atoms with van der Waals surface area (Å²) in [6.45, 7) is 4.33. The van der Waals surface area contributed by atoms with Crippen LogP contribution in [0.3, 0.4) is 0 Å². The van der Waals surface area contributed by atoms with Gasteiger partial charge < -0.3 is 14.4 Å². The van der Waals surface area contributed by atoms with Crippen molar-refractivity contribution in [2.24, 2.45) is 0 Å². The van der Waals surface area contributed by atoms with Crippen LogP contribution >= 0.6 is 0 Å². The van der Waals surface area contributed by atoms with E-state index in [2.05, 4.69) is 9.97 Å². The zero-order chi connectivity index (χ0) is 14.0. The van der Waals surface area contributed by atoms with Crippen LogP contribution in [0.1, 0.15) is 27.3 Å². The number of pyridine rings is 1. The van der Waals surface area contributed by atoms with Crippen LogP contribution in [0.2, 0.25) is 0 Å². The first kappa shape index (κ1) is 13.1. The molecule has 2 rings (SSSR count). The van der Waals surface area contributed by atoms with E-state index in [4.69, 9.17) is 9.84 Å². The maximum absolute atomic E-state index is 10.8. The second kappa shape index (κ2) is 5.09. The van der Waals surface area contributed by atoms with Crippen molar-refractivity contribution in [1.82, 2.24) is 14.5 Å². The molecule has 2 heterocycles. The smallest absolute Gasteiger partial charge is 0.356 e. The molecule has 0 saturated heterocycles. The van der Waals surface area contributed by atoms with Gasteiger partial charge in [0.15, 0.2) is 5.69 Å². The van der Waals surface area contributed by atoms with Gasteiger partial charge in [-0.3, -0.25) is 4.98 Å². The molecule has 2 aromatic heterocycles. The minimum atomic E-state index is -1.04. The number of hydrogen-bond donors (Lipinski definition) is 1. The highest BCUT2D eigenvalue weighted by Crippen LogP contribution is 2.24. The second-order valence-corrected chi connectivity index (χ2v) is 4.28. The van der Waals surface area contributed by atoms with Crippen molar-refractivity contribution in [3.8, 4) is 5.75 Å². The van der Waals surface area contributed by atoms with E-state index in [9.17, 15) is 4.79 Å². The summed E-state index contributed by atoms with van der Waals surface area (Å²) in [4.78, 5) is 18.9. The molecule has 100 valence electrons. The first-order valence-electron chi connectivity index (χ1n) is 5.77. The van der Waals surface area contributed by atoms with Crippen LogP contribution < -0.4 is 4.74 Å². The molecule has 0 aliphatic rings. The number of carboxylic acid groups (broad SMARTS) is 1. The Morgan fingerprint density at radius 2 is 2.16 bits per heavy atom. The Bertz CT molecular complexity index is 620. The van der Waals surface area contributed by atoms with Crippen molar-refractivity contribution in [2.45, 2.75) is 20.4 Å². The zero-order valence-electron chi connectivity index (χ0n) is 11.0. The largest absolute Gasteiger partial charge is 0.496 e. The third kappa shape index (κ3) is 2.57. The van der Waals surface area contributed by atoms with E-state index in [0.717, 1.165) is 22.6 Å². The fraction of sp³-hybridized carbons (Fsp3) is 0.308. The minimum absolute atomic E-state index is 0.0247. The lowest BCUT2D eigenvalue weighted by Crippen LogP contribution is -2.05. The van der Waals surface area contributed by atoms with Crippen molar-refractivity contribution < 1.29 is 14.6 Å². The van der Waals surface area contributed by atoms with E-state index in [-0.39, 0.29) is 5.69 Å². The van der Waals surface area contributed by atoms with Gasteiger partial charge in [0.1, 0.15) is 5.75 Å². The molecule has 0 amide bonds. The maximum Gasteiger partial charge on any atom is 0.356 e. The lowest BCUT2D eigenvalue weighted by Gasteiger charge is -2.12. The number of aryl methyl sites for hydroxylation is 1. The topological polar surface area (TPSA) is 77.2 Å². The summed E-state index contributed by atoms with van der Waals surface area (Å²) < 4.78 is 7.03. The normalized spacial score (nSPS) is 10.5. The van der Waals surface area contributed by atoms with E-state index in [1.165, 1.54) is 12.5 Å². The Morgan fingerprint density at radius 1 is 1.42 bits per heavy atom. The molecule has 19 heavy (non-hydrogen) atoms. The van der Waals surface area contributed by atoms with Crippen LogP contribution in [0.15, 0.2) is 18.7 Å². The first-order chi connectivity index (χ1) is 9.02. The summed E-state index contributed by atoms with van der Waals surface area (Å²) in [6.07, 6.45) is 4.71. The first-order valence-corrected chi connectivity index (χ1v) is 5.77. The van der Waals surface area contributed by atoms with E-state index in [1.807, 2.05) is 13.8 Å². The summed E-state index contributed by atoms with van der Waals surface area (Å²) in [7, 11) is 1.62. The van der Waals surface area contributed by atoms with Crippen LogP contribution in [0, 0.1) is 13.8 Å². The average molecular weight is 261 g/mol.